The molecule has 6 heteroatoms. The largest absolute Gasteiger partial charge is 0.332 e. The number of rotatable bonds is 2. The Bertz CT molecular complexity index is 473. The first kappa shape index (κ1) is 9.97. The number of hydrogen-bond acceptors (Lipinski definition) is 3. The zero-order valence-electron chi connectivity index (χ0n) is 8.60. The molecule has 2 aromatic heterocycles. The molecule has 0 aromatic carbocycles. The van der Waals surface area contributed by atoms with Crippen molar-refractivity contribution in [3.63, 3.8) is 0 Å². The van der Waals surface area contributed by atoms with E-state index in [-0.39, 0.29) is 6.03 Å². The van der Waals surface area contributed by atoms with Gasteiger partial charge in [0.2, 0.25) is 0 Å². The summed E-state index contributed by atoms with van der Waals surface area (Å²) in [6, 6.07) is -0.0885. The highest BCUT2D eigenvalue weighted by Crippen LogP contribution is 2.13. The maximum absolute atomic E-state index is 11.3. The summed E-state index contributed by atoms with van der Waals surface area (Å²) in [6.45, 7) is 0.521. The molecule has 80 valence electrons. The van der Waals surface area contributed by atoms with Gasteiger partial charge in [0.25, 0.3) is 0 Å². The smallest absolute Gasteiger partial charge is 0.317 e. The van der Waals surface area contributed by atoms with Gasteiger partial charge in [-0.3, -0.25) is 4.40 Å². The second-order valence-electron chi connectivity index (χ2n) is 3.36. The number of thiazole rings is 1. The number of amides is 2. The van der Waals surface area contributed by atoms with Crippen LogP contribution in [0.4, 0.5) is 4.79 Å². The van der Waals surface area contributed by atoms with E-state index in [0.29, 0.717) is 6.54 Å². The Morgan fingerprint density at radius 2 is 2.47 bits per heavy atom. The zero-order chi connectivity index (χ0) is 10.8. The molecule has 2 aromatic rings. The van der Waals surface area contributed by atoms with E-state index in [0.717, 1.165) is 10.7 Å². The number of urea groups is 1. The van der Waals surface area contributed by atoms with Crippen molar-refractivity contribution in [3.05, 3.63) is 23.5 Å². The minimum atomic E-state index is -0.0885. The average molecular weight is 224 g/mol. The van der Waals surface area contributed by atoms with Crippen LogP contribution in [0.25, 0.3) is 4.96 Å². The summed E-state index contributed by atoms with van der Waals surface area (Å²) in [5.41, 5.74) is 1.04. The molecule has 0 aliphatic carbocycles. The Morgan fingerprint density at radius 3 is 3.20 bits per heavy atom. The number of fused-ring (bicyclic) bond motifs is 1. The van der Waals surface area contributed by atoms with E-state index < -0.39 is 0 Å². The van der Waals surface area contributed by atoms with Crippen molar-refractivity contribution in [2.24, 2.45) is 0 Å². The number of nitrogens with zero attached hydrogens (tertiary/aromatic N) is 3. The van der Waals surface area contributed by atoms with Crippen molar-refractivity contribution in [1.82, 2.24) is 19.6 Å². The number of hydrogen-bond donors (Lipinski definition) is 1. The molecule has 5 nitrogen and oxygen atoms in total. The molecule has 2 heterocycles. The molecule has 15 heavy (non-hydrogen) atoms. The van der Waals surface area contributed by atoms with E-state index >= 15 is 0 Å². The lowest BCUT2D eigenvalue weighted by atomic mass is 10.5. The van der Waals surface area contributed by atoms with E-state index in [2.05, 4.69) is 10.3 Å². The predicted octanol–water partition coefficient (Wildman–Crippen LogP) is 1.17. The van der Waals surface area contributed by atoms with Crippen LogP contribution in [0.15, 0.2) is 17.8 Å². The summed E-state index contributed by atoms with van der Waals surface area (Å²) in [4.78, 5) is 17.9. The standard InChI is InChI=1S/C9H12N4OS/c1-12(2)8(14)11-5-7-6-15-9-10-3-4-13(7)9/h3-4,6H,5H2,1-2H3,(H,11,14). The first-order chi connectivity index (χ1) is 7.18. The van der Waals surface area contributed by atoms with Gasteiger partial charge in [0, 0.05) is 31.9 Å². The number of carbonyl (C=O) groups excluding carboxylic acids is 1. The molecule has 0 unspecified atom stereocenters. The van der Waals surface area contributed by atoms with Gasteiger partial charge in [-0.1, -0.05) is 0 Å². The lowest BCUT2D eigenvalue weighted by Crippen LogP contribution is -2.34. The molecule has 2 rings (SSSR count). The minimum Gasteiger partial charge on any atom is -0.332 e. The summed E-state index contributed by atoms with van der Waals surface area (Å²) in [5, 5.41) is 4.81. The highest BCUT2D eigenvalue weighted by atomic mass is 32.1. The summed E-state index contributed by atoms with van der Waals surface area (Å²) in [5.74, 6) is 0. The first-order valence-electron chi connectivity index (χ1n) is 4.53. The number of imidazole rings is 1. The molecule has 0 saturated heterocycles. The molecule has 1 N–H and O–H groups in total. The van der Waals surface area contributed by atoms with Gasteiger partial charge >= 0.3 is 6.03 Å². The van der Waals surface area contributed by atoms with Crippen LogP contribution >= 0.6 is 11.3 Å². The Morgan fingerprint density at radius 1 is 1.67 bits per heavy atom. The topological polar surface area (TPSA) is 49.6 Å². The van der Waals surface area contributed by atoms with Gasteiger partial charge in [0.15, 0.2) is 4.96 Å². The van der Waals surface area contributed by atoms with Crippen LogP contribution in [0.1, 0.15) is 5.69 Å². The highest BCUT2D eigenvalue weighted by molar-refractivity contribution is 7.15. The quantitative estimate of drug-likeness (QED) is 0.832. The van der Waals surface area contributed by atoms with Crippen LogP contribution in [0.2, 0.25) is 0 Å². The molecule has 0 aliphatic heterocycles. The van der Waals surface area contributed by atoms with E-state index in [9.17, 15) is 4.79 Å². The van der Waals surface area contributed by atoms with Gasteiger partial charge in [0.05, 0.1) is 12.2 Å². The summed E-state index contributed by atoms with van der Waals surface area (Å²) in [7, 11) is 3.44. The lowest BCUT2D eigenvalue weighted by molar-refractivity contribution is 0.217. The zero-order valence-corrected chi connectivity index (χ0v) is 9.41. The molecule has 0 radical (unpaired) electrons. The summed E-state index contributed by atoms with van der Waals surface area (Å²) in [6.07, 6.45) is 3.64. The summed E-state index contributed by atoms with van der Waals surface area (Å²) >= 11 is 1.57. The predicted molar refractivity (Wildman–Crippen MR) is 59.0 cm³/mol. The third-order valence-corrected chi connectivity index (χ3v) is 2.95. The average Bonchev–Trinajstić information content (AvgIpc) is 2.76. The van der Waals surface area contributed by atoms with Crippen LogP contribution in [-0.4, -0.2) is 34.4 Å². The molecule has 0 aliphatic rings. The Balaban J connectivity index is 2.07. The number of aromatic nitrogens is 2. The molecule has 0 fully saturated rings. The Labute approximate surface area is 91.3 Å². The van der Waals surface area contributed by atoms with E-state index in [1.54, 1.807) is 31.6 Å². The third kappa shape index (κ3) is 1.94. The second kappa shape index (κ2) is 3.90. The Kier molecular flexibility index (Phi) is 2.59. The van der Waals surface area contributed by atoms with Gasteiger partial charge in [-0.2, -0.15) is 0 Å². The fourth-order valence-electron chi connectivity index (χ4n) is 1.22. The highest BCUT2D eigenvalue weighted by Gasteiger charge is 2.06. The van der Waals surface area contributed by atoms with Gasteiger partial charge in [-0.05, 0) is 0 Å². The fourth-order valence-corrected chi connectivity index (χ4v) is 2.08. The van der Waals surface area contributed by atoms with Crippen LogP contribution in [0.5, 0.6) is 0 Å². The molecule has 0 saturated carbocycles. The number of carbonyl (C=O) groups is 1. The Hall–Kier alpha value is -1.56. The maximum Gasteiger partial charge on any atom is 0.317 e. The second-order valence-corrected chi connectivity index (χ2v) is 4.20. The first-order valence-corrected chi connectivity index (χ1v) is 5.41. The van der Waals surface area contributed by atoms with Crippen molar-refractivity contribution in [3.8, 4) is 0 Å². The van der Waals surface area contributed by atoms with Gasteiger partial charge in [-0.25, -0.2) is 9.78 Å². The molecular weight excluding hydrogens is 212 g/mol. The van der Waals surface area contributed by atoms with Crippen molar-refractivity contribution >= 4 is 22.3 Å². The van der Waals surface area contributed by atoms with Crippen LogP contribution in [0.3, 0.4) is 0 Å². The normalized spacial score (nSPS) is 10.5. The molecule has 0 atom stereocenters. The van der Waals surface area contributed by atoms with E-state index in [1.807, 2.05) is 16.0 Å². The lowest BCUT2D eigenvalue weighted by Gasteiger charge is -2.11. The minimum absolute atomic E-state index is 0.0885. The monoisotopic (exact) mass is 224 g/mol. The molecule has 0 bridgehead atoms. The summed E-state index contributed by atoms with van der Waals surface area (Å²) < 4.78 is 1.97. The third-order valence-electron chi connectivity index (χ3n) is 2.04. The SMILES string of the molecule is CN(C)C(=O)NCc1csc2nccn12. The van der Waals surface area contributed by atoms with Crippen LogP contribution in [0, 0.1) is 0 Å². The fraction of sp³-hybridized carbons (Fsp3) is 0.333. The molecule has 2 amide bonds. The van der Waals surface area contributed by atoms with Crippen molar-refractivity contribution in [1.29, 1.82) is 0 Å². The molecule has 0 spiro atoms. The van der Waals surface area contributed by atoms with E-state index in [4.69, 9.17) is 0 Å². The maximum atomic E-state index is 11.3. The van der Waals surface area contributed by atoms with Crippen molar-refractivity contribution in [2.75, 3.05) is 14.1 Å². The van der Waals surface area contributed by atoms with Gasteiger partial charge in [-0.15, -0.1) is 11.3 Å². The molecular formula is C9H12N4OS. The van der Waals surface area contributed by atoms with Gasteiger partial charge in [0.1, 0.15) is 0 Å². The van der Waals surface area contributed by atoms with Crippen molar-refractivity contribution < 1.29 is 4.79 Å². The van der Waals surface area contributed by atoms with Crippen LogP contribution in [-0.2, 0) is 6.54 Å². The number of nitrogens with one attached hydrogen (secondary N) is 1. The van der Waals surface area contributed by atoms with Crippen LogP contribution < -0.4 is 5.32 Å². The van der Waals surface area contributed by atoms with E-state index in [1.165, 1.54) is 4.90 Å². The van der Waals surface area contributed by atoms with Crippen molar-refractivity contribution in [2.45, 2.75) is 6.54 Å². The van der Waals surface area contributed by atoms with Gasteiger partial charge < -0.3 is 10.2 Å².